The van der Waals surface area contributed by atoms with Crippen LogP contribution in [0.25, 0.3) is 11.0 Å². The van der Waals surface area contributed by atoms with Crippen LogP contribution in [0.4, 0.5) is 0 Å². The average Bonchev–Trinajstić information content (AvgIpc) is 2.97. The molecule has 0 spiro atoms. The summed E-state index contributed by atoms with van der Waals surface area (Å²) in [4.78, 5) is 8.64. The Bertz CT molecular complexity index is 647. The number of hydrogen-bond acceptors (Lipinski definition) is 3. The number of methoxy groups -OCH3 is 1. The smallest absolute Gasteiger partial charge is 0.191 e. The maximum Gasteiger partial charge on any atom is 0.191 e. The minimum absolute atomic E-state index is 0.215. The van der Waals surface area contributed by atoms with E-state index >= 15 is 0 Å². The third-order valence-corrected chi connectivity index (χ3v) is 3.85. The van der Waals surface area contributed by atoms with Crippen LogP contribution in [0.2, 0.25) is 0 Å². The van der Waals surface area contributed by atoms with E-state index < -0.39 is 0 Å². The molecule has 0 unspecified atom stereocenters. The van der Waals surface area contributed by atoms with E-state index in [4.69, 9.17) is 4.74 Å². The van der Waals surface area contributed by atoms with Gasteiger partial charge in [-0.05, 0) is 32.4 Å². The molecule has 0 saturated heterocycles. The number of para-hydroxylation sites is 2. The lowest BCUT2D eigenvalue weighted by molar-refractivity contribution is 0.0268. The van der Waals surface area contributed by atoms with Gasteiger partial charge >= 0.3 is 0 Å². The molecule has 0 aliphatic carbocycles. The van der Waals surface area contributed by atoms with E-state index in [9.17, 15) is 0 Å². The minimum Gasteiger partial charge on any atom is -0.377 e. The Labute approximate surface area is 138 Å². The fourth-order valence-corrected chi connectivity index (χ4v) is 2.23. The predicted octanol–water partition coefficient (Wildman–Crippen LogP) is 2.02. The second-order valence-electron chi connectivity index (χ2n) is 6.10. The Kier molecular flexibility index (Phi) is 5.98. The molecule has 0 radical (unpaired) electrons. The fourth-order valence-electron chi connectivity index (χ4n) is 2.23. The number of rotatable bonds is 7. The minimum atomic E-state index is -0.215. The highest BCUT2D eigenvalue weighted by Gasteiger charge is 2.16. The first-order chi connectivity index (χ1) is 11.1. The number of aliphatic imine (C=N–C) groups is 1. The number of hydrogen-bond donors (Lipinski definition) is 2. The highest BCUT2D eigenvalue weighted by molar-refractivity contribution is 5.79. The van der Waals surface area contributed by atoms with Crippen molar-refractivity contribution in [3.8, 4) is 0 Å². The number of fused-ring (bicyclic) bond motifs is 1. The number of nitrogens with one attached hydrogen (secondary N) is 2. The summed E-state index contributed by atoms with van der Waals surface area (Å²) in [6, 6.07) is 8.19. The van der Waals surface area contributed by atoms with Crippen LogP contribution in [0.5, 0.6) is 0 Å². The van der Waals surface area contributed by atoms with Gasteiger partial charge in [0.15, 0.2) is 5.96 Å². The molecule has 0 amide bonds. The molecule has 23 heavy (non-hydrogen) atoms. The van der Waals surface area contributed by atoms with Gasteiger partial charge in [0.05, 0.1) is 23.0 Å². The van der Waals surface area contributed by atoms with Gasteiger partial charge in [0.2, 0.25) is 0 Å². The van der Waals surface area contributed by atoms with Gasteiger partial charge in [-0.1, -0.05) is 12.1 Å². The van der Waals surface area contributed by atoms with Crippen LogP contribution in [0, 0.1) is 0 Å². The van der Waals surface area contributed by atoms with E-state index in [0.717, 1.165) is 31.0 Å². The van der Waals surface area contributed by atoms with Gasteiger partial charge in [0.25, 0.3) is 0 Å². The second-order valence-corrected chi connectivity index (χ2v) is 6.10. The van der Waals surface area contributed by atoms with Crippen molar-refractivity contribution < 1.29 is 4.74 Å². The van der Waals surface area contributed by atoms with E-state index in [1.54, 1.807) is 14.2 Å². The van der Waals surface area contributed by atoms with Gasteiger partial charge in [-0.15, -0.1) is 0 Å². The average molecular weight is 317 g/mol. The molecule has 1 aromatic heterocycles. The van der Waals surface area contributed by atoms with Gasteiger partial charge in [0.1, 0.15) is 0 Å². The first kappa shape index (κ1) is 17.3. The molecule has 126 valence electrons. The second kappa shape index (κ2) is 7.97. The van der Waals surface area contributed by atoms with Gasteiger partial charge < -0.3 is 19.9 Å². The number of benzene rings is 1. The number of ether oxygens (including phenoxy) is 1. The van der Waals surface area contributed by atoms with Crippen molar-refractivity contribution in [1.29, 1.82) is 0 Å². The molecule has 2 N–H and O–H groups in total. The van der Waals surface area contributed by atoms with Crippen molar-refractivity contribution in [2.75, 3.05) is 27.2 Å². The summed E-state index contributed by atoms with van der Waals surface area (Å²) in [6.07, 6.45) is 2.90. The molecule has 2 aromatic rings. The topological polar surface area (TPSA) is 63.5 Å². The highest BCUT2D eigenvalue weighted by Crippen LogP contribution is 2.11. The number of imidazole rings is 1. The highest BCUT2D eigenvalue weighted by atomic mass is 16.5. The third kappa shape index (κ3) is 4.96. The number of aryl methyl sites for hydroxylation is 1. The summed E-state index contributed by atoms with van der Waals surface area (Å²) in [5.41, 5.74) is 2.00. The van der Waals surface area contributed by atoms with Crippen molar-refractivity contribution in [1.82, 2.24) is 20.2 Å². The van der Waals surface area contributed by atoms with E-state index in [1.807, 2.05) is 38.4 Å². The molecular weight excluding hydrogens is 290 g/mol. The van der Waals surface area contributed by atoms with E-state index in [1.165, 1.54) is 5.52 Å². The van der Waals surface area contributed by atoms with Crippen molar-refractivity contribution in [3.63, 3.8) is 0 Å². The zero-order chi connectivity index (χ0) is 16.7. The Morgan fingerprint density at radius 3 is 2.83 bits per heavy atom. The zero-order valence-electron chi connectivity index (χ0n) is 14.5. The SMILES string of the molecule is CN=C(NCCCn1cnc2ccccc21)NCC(C)(C)OC. The standard InChI is InChI=1S/C17H27N5O/c1-17(2,23-4)12-20-16(18-3)19-10-7-11-22-13-21-14-8-5-6-9-15(14)22/h5-6,8-9,13H,7,10-12H2,1-4H3,(H2,18,19,20). The summed E-state index contributed by atoms with van der Waals surface area (Å²) in [5.74, 6) is 0.797. The van der Waals surface area contributed by atoms with Crippen LogP contribution < -0.4 is 10.6 Å². The van der Waals surface area contributed by atoms with E-state index in [0.29, 0.717) is 6.54 Å². The monoisotopic (exact) mass is 317 g/mol. The molecule has 2 rings (SSSR count). The maximum atomic E-state index is 5.39. The summed E-state index contributed by atoms with van der Waals surface area (Å²) < 4.78 is 7.57. The molecule has 0 atom stereocenters. The lowest BCUT2D eigenvalue weighted by atomic mass is 10.1. The molecule has 6 nitrogen and oxygen atoms in total. The predicted molar refractivity (Wildman–Crippen MR) is 94.8 cm³/mol. The first-order valence-corrected chi connectivity index (χ1v) is 7.95. The fraction of sp³-hybridized carbons (Fsp3) is 0.529. The number of nitrogens with zero attached hydrogens (tertiary/aromatic N) is 3. The van der Waals surface area contributed by atoms with Crippen molar-refractivity contribution in [2.45, 2.75) is 32.4 Å². The molecule has 1 heterocycles. The van der Waals surface area contributed by atoms with Crippen LogP contribution >= 0.6 is 0 Å². The van der Waals surface area contributed by atoms with E-state index in [-0.39, 0.29) is 5.60 Å². The van der Waals surface area contributed by atoms with Crippen molar-refractivity contribution >= 4 is 17.0 Å². The number of aromatic nitrogens is 2. The third-order valence-electron chi connectivity index (χ3n) is 3.85. The van der Waals surface area contributed by atoms with Gasteiger partial charge in [0, 0.05) is 33.8 Å². The zero-order valence-corrected chi connectivity index (χ0v) is 14.5. The molecule has 0 bridgehead atoms. The maximum absolute atomic E-state index is 5.39. The summed E-state index contributed by atoms with van der Waals surface area (Å²) >= 11 is 0. The molecular formula is C17H27N5O. The largest absolute Gasteiger partial charge is 0.377 e. The van der Waals surface area contributed by atoms with Gasteiger partial charge in [-0.2, -0.15) is 0 Å². The molecule has 6 heteroatoms. The lowest BCUT2D eigenvalue weighted by Gasteiger charge is -2.24. The van der Waals surface area contributed by atoms with E-state index in [2.05, 4.69) is 31.2 Å². The molecule has 0 fully saturated rings. The number of guanidine groups is 1. The van der Waals surface area contributed by atoms with Gasteiger partial charge in [-0.3, -0.25) is 4.99 Å². The first-order valence-electron chi connectivity index (χ1n) is 7.95. The van der Waals surface area contributed by atoms with Crippen LogP contribution in [0.15, 0.2) is 35.6 Å². The summed E-state index contributed by atoms with van der Waals surface area (Å²) in [7, 11) is 3.49. The van der Waals surface area contributed by atoms with Crippen LogP contribution in [-0.4, -0.2) is 48.4 Å². The molecule has 0 aliphatic heterocycles. The molecule has 0 aliphatic rings. The molecule has 0 saturated carbocycles. The molecule has 1 aromatic carbocycles. The summed E-state index contributed by atoms with van der Waals surface area (Å²) in [5, 5.41) is 6.60. The van der Waals surface area contributed by atoms with Gasteiger partial charge in [-0.25, -0.2) is 4.98 Å². The van der Waals surface area contributed by atoms with Crippen molar-refractivity contribution in [3.05, 3.63) is 30.6 Å². The Balaban J connectivity index is 1.76. The Morgan fingerprint density at radius 2 is 2.09 bits per heavy atom. The normalized spacial score (nSPS) is 12.6. The van der Waals surface area contributed by atoms with Crippen LogP contribution in [0.1, 0.15) is 20.3 Å². The Hall–Kier alpha value is -2.08. The summed E-state index contributed by atoms with van der Waals surface area (Å²) in [6.45, 7) is 6.55. The van der Waals surface area contributed by atoms with Crippen LogP contribution in [0.3, 0.4) is 0 Å². The van der Waals surface area contributed by atoms with Crippen molar-refractivity contribution in [2.24, 2.45) is 4.99 Å². The lowest BCUT2D eigenvalue weighted by Crippen LogP contribution is -2.45. The quantitative estimate of drug-likeness (QED) is 0.466. The van der Waals surface area contributed by atoms with Crippen LogP contribution in [-0.2, 0) is 11.3 Å². The Morgan fingerprint density at radius 1 is 1.30 bits per heavy atom.